The molecule has 24 heavy (non-hydrogen) atoms. The van der Waals surface area contributed by atoms with Crippen LogP contribution >= 0.6 is 0 Å². The van der Waals surface area contributed by atoms with Crippen molar-refractivity contribution in [2.24, 2.45) is 0 Å². The normalized spacial score (nSPS) is 20.7. The minimum Gasteiger partial charge on any atom is -0.391 e. The van der Waals surface area contributed by atoms with Gasteiger partial charge < -0.3 is 14.4 Å². The highest BCUT2D eigenvalue weighted by Gasteiger charge is 2.36. The second-order valence-corrected chi connectivity index (χ2v) is 6.18. The molecule has 1 fully saturated rings. The van der Waals surface area contributed by atoms with Crippen LogP contribution in [0.25, 0.3) is 5.52 Å². The van der Waals surface area contributed by atoms with Crippen molar-refractivity contribution in [1.29, 1.82) is 0 Å². The number of aromatic nitrogens is 1. The quantitative estimate of drug-likeness (QED) is 0.787. The molecule has 0 saturated carbocycles. The van der Waals surface area contributed by atoms with E-state index in [4.69, 9.17) is 0 Å². The van der Waals surface area contributed by atoms with Crippen LogP contribution in [0.5, 0.6) is 0 Å². The standard InChI is InChI=1S/C19H17FN2O2/c20-15-5-3-4-13(8-15)18-10-17(23)12-22(18)19(24)14-9-16-6-1-2-7-21(16)11-14/h1-9,11,17-18,23H,10,12H2/t17-,18-/m0/s1. The number of hydrogen-bond donors (Lipinski definition) is 1. The SMILES string of the molecule is O=C(c1cc2ccccn2c1)N1C[C@@H](O)C[C@H]1c1cccc(F)c1. The van der Waals surface area contributed by atoms with Gasteiger partial charge in [0.15, 0.2) is 0 Å². The second kappa shape index (κ2) is 5.76. The zero-order valence-corrected chi connectivity index (χ0v) is 13.0. The fourth-order valence-corrected chi connectivity index (χ4v) is 3.41. The minimum atomic E-state index is -0.598. The van der Waals surface area contributed by atoms with E-state index in [2.05, 4.69) is 0 Å². The van der Waals surface area contributed by atoms with Gasteiger partial charge in [0, 0.05) is 24.5 Å². The average molecular weight is 324 g/mol. The third-order valence-electron chi connectivity index (χ3n) is 4.52. The van der Waals surface area contributed by atoms with Gasteiger partial charge in [0.2, 0.25) is 0 Å². The van der Waals surface area contributed by atoms with Gasteiger partial charge in [-0.25, -0.2) is 4.39 Å². The van der Waals surface area contributed by atoms with E-state index < -0.39 is 6.10 Å². The number of aliphatic hydroxyl groups is 1. The maximum absolute atomic E-state index is 13.5. The number of carbonyl (C=O) groups excluding carboxylic acids is 1. The number of aliphatic hydroxyl groups excluding tert-OH is 1. The van der Waals surface area contributed by atoms with Crippen LogP contribution in [0.2, 0.25) is 0 Å². The van der Waals surface area contributed by atoms with Crippen molar-refractivity contribution in [3.63, 3.8) is 0 Å². The number of hydrogen-bond acceptors (Lipinski definition) is 2. The first-order valence-corrected chi connectivity index (χ1v) is 7.93. The molecule has 1 amide bonds. The molecule has 0 bridgehead atoms. The largest absolute Gasteiger partial charge is 0.391 e. The summed E-state index contributed by atoms with van der Waals surface area (Å²) in [7, 11) is 0. The Morgan fingerprint density at radius 2 is 2.04 bits per heavy atom. The van der Waals surface area contributed by atoms with Crippen molar-refractivity contribution >= 4 is 11.4 Å². The predicted molar refractivity (Wildman–Crippen MR) is 88.2 cm³/mol. The molecule has 0 spiro atoms. The number of β-amino-alcohol motifs (C(OH)–C–C–N with tert-alkyl or cyclic N) is 1. The van der Waals surface area contributed by atoms with Crippen LogP contribution in [0.15, 0.2) is 60.9 Å². The van der Waals surface area contributed by atoms with Gasteiger partial charge in [-0.3, -0.25) is 4.79 Å². The Morgan fingerprint density at radius 3 is 2.83 bits per heavy atom. The lowest BCUT2D eigenvalue weighted by atomic mass is 10.0. The van der Waals surface area contributed by atoms with E-state index in [-0.39, 0.29) is 24.3 Å². The van der Waals surface area contributed by atoms with E-state index >= 15 is 0 Å². The fraction of sp³-hybridized carbons (Fsp3) is 0.211. The lowest BCUT2D eigenvalue weighted by molar-refractivity contribution is 0.0715. The first-order chi connectivity index (χ1) is 11.6. The molecule has 4 nitrogen and oxygen atoms in total. The summed E-state index contributed by atoms with van der Waals surface area (Å²) in [4.78, 5) is 14.6. The molecule has 0 unspecified atom stereocenters. The predicted octanol–water partition coefficient (Wildman–Crippen LogP) is 3.03. The van der Waals surface area contributed by atoms with E-state index in [0.29, 0.717) is 17.5 Å². The number of nitrogens with zero attached hydrogens (tertiary/aromatic N) is 2. The van der Waals surface area contributed by atoms with Gasteiger partial charge in [0.1, 0.15) is 5.82 Å². The zero-order valence-electron chi connectivity index (χ0n) is 13.0. The van der Waals surface area contributed by atoms with Crippen molar-refractivity contribution < 1.29 is 14.3 Å². The van der Waals surface area contributed by atoms with Gasteiger partial charge in [-0.1, -0.05) is 18.2 Å². The van der Waals surface area contributed by atoms with Crippen molar-refractivity contribution in [1.82, 2.24) is 9.30 Å². The summed E-state index contributed by atoms with van der Waals surface area (Å²) in [5.41, 5.74) is 2.21. The Bertz CT molecular complexity index is 872. The highest BCUT2D eigenvalue weighted by Crippen LogP contribution is 2.33. The molecule has 1 N–H and O–H groups in total. The molecule has 5 heteroatoms. The Hall–Kier alpha value is -2.66. The molecule has 1 aromatic carbocycles. The molecule has 1 saturated heterocycles. The number of fused-ring (bicyclic) bond motifs is 1. The van der Waals surface area contributed by atoms with Gasteiger partial charge in [0.05, 0.1) is 17.7 Å². The summed E-state index contributed by atoms with van der Waals surface area (Å²) in [6.07, 6.45) is 3.49. The molecule has 1 aliphatic heterocycles. The lowest BCUT2D eigenvalue weighted by Crippen LogP contribution is -2.31. The summed E-state index contributed by atoms with van der Waals surface area (Å²) in [6.45, 7) is 0.256. The third-order valence-corrected chi connectivity index (χ3v) is 4.52. The van der Waals surface area contributed by atoms with Crippen LogP contribution in [-0.2, 0) is 0 Å². The summed E-state index contributed by atoms with van der Waals surface area (Å²) < 4.78 is 15.4. The van der Waals surface area contributed by atoms with Crippen LogP contribution in [0.3, 0.4) is 0 Å². The van der Waals surface area contributed by atoms with Crippen LogP contribution in [-0.4, -0.2) is 33.0 Å². The van der Waals surface area contributed by atoms with E-state index in [1.165, 1.54) is 12.1 Å². The Labute approximate surface area is 138 Å². The Morgan fingerprint density at radius 1 is 1.17 bits per heavy atom. The molecule has 2 atom stereocenters. The van der Waals surface area contributed by atoms with E-state index in [9.17, 15) is 14.3 Å². The van der Waals surface area contributed by atoms with Crippen LogP contribution in [0.4, 0.5) is 4.39 Å². The van der Waals surface area contributed by atoms with Gasteiger partial charge in [-0.2, -0.15) is 0 Å². The zero-order chi connectivity index (χ0) is 16.7. The van der Waals surface area contributed by atoms with Crippen LogP contribution in [0.1, 0.15) is 28.4 Å². The average Bonchev–Trinajstić information content (AvgIpc) is 3.17. The highest BCUT2D eigenvalue weighted by atomic mass is 19.1. The molecule has 122 valence electrons. The molecule has 3 heterocycles. The molecule has 0 aliphatic carbocycles. The van der Waals surface area contributed by atoms with E-state index in [1.807, 2.05) is 34.9 Å². The number of benzene rings is 1. The second-order valence-electron chi connectivity index (χ2n) is 6.18. The van der Waals surface area contributed by atoms with Gasteiger partial charge >= 0.3 is 0 Å². The van der Waals surface area contributed by atoms with Gasteiger partial charge in [-0.15, -0.1) is 0 Å². The number of rotatable bonds is 2. The summed E-state index contributed by atoms with van der Waals surface area (Å²) in [6, 6.07) is 13.5. The van der Waals surface area contributed by atoms with Crippen molar-refractivity contribution in [2.75, 3.05) is 6.54 Å². The molecule has 2 aromatic heterocycles. The number of amides is 1. The summed E-state index contributed by atoms with van der Waals surface area (Å²) in [5, 5.41) is 10.0. The Kier molecular flexibility index (Phi) is 3.58. The maximum Gasteiger partial charge on any atom is 0.256 e. The van der Waals surface area contributed by atoms with Gasteiger partial charge in [0.25, 0.3) is 5.91 Å². The molecular formula is C19H17FN2O2. The lowest BCUT2D eigenvalue weighted by Gasteiger charge is -2.24. The van der Waals surface area contributed by atoms with E-state index in [1.54, 1.807) is 23.2 Å². The van der Waals surface area contributed by atoms with Crippen molar-refractivity contribution in [3.8, 4) is 0 Å². The topological polar surface area (TPSA) is 45.0 Å². The molecule has 3 aromatic rings. The molecular weight excluding hydrogens is 307 g/mol. The maximum atomic E-state index is 13.5. The monoisotopic (exact) mass is 324 g/mol. The van der Waals surface area contributed by atoms with Crippen molar-refractivity contribution in [3.05, 3.63) is 77.9 Å². The van der Waals surface area contributed by atoms with Crippen LogP contribution < -0.4 is 0 Å². The smallest absolute Gasteiger partial charge is 0.256 e. The van der Waals surface area contributed by atoms with Gasteiger partial charge in [-0.05, 0) is 42.3 Å². The molecule has 4 rings (SSSR count). The molecule has 0 radical (unpaired) electrons. The minimum absolute atomic E-state index is 0.149. The highest BCUT2D eigenvalue weighted by molar-refractivity contribution is 5.96. The third kappa shape index (κ3) is 2.57. The van der Waals surface area contributed by atoms with E-state index in [0.717, 1.165) is 5.52 Å². The first-order valence-electron chi connectivity index (χ1n) is 7.93. The number of likely N-dealkylation sites (tertiary alicyclic amines) is 1. The number of carbonyl (C=O) groups is 1. The molecule has 1 aliphatic rings. The number of pyridine rings is 1. The summed E-state index contributed by atoms with van der Waals surface area (Å²) in [5.74, 6) is -0.486. The summed E-state index contributed by atoms with van der Waals surface area (Å²) >= 11 is 0. The van der Waals surface area contributed by atoms with Crippen LogP contribution in [0, 0.1) is 5.82 Å². The Balaban J connectivity index is 1.68. The van der Waals surface area contributed by atoms with Crippen molar-refractivity contribution in [2.45, 2.75) is 18.6 Å². The number of halogens is 1. The fourth-order valence-electron chi connectivity index (χ4n) is 3.41. The first kappa shape index (κ1) is 14.9.